The molecule has 2 atom stereocenters. The minimum absolute atomic E-state index is 0.0883. The molecule has 1 saturated heterocycles. The zero-order valence-electron chi connectivity index (χ0n) is 10.7. The number of aliphatic hydroxyl groups excluding tert-OH is 1. The summed E-state index contributed by atoms with van der Waals surface area (Å²) in [7, 11) is 1.25. The highest BCUT2D eigenvalue weighted by atomic mass is 79.9. The van der Waals surface area contributed by atoms with E-state index in [0.717, 1.165) is 4.47 Å². The SMILES string of the molecule is COC(=O)C1CC(O)CN1C(=O)c1ccc(Br)cc1Cl. The second-order valence-electron chi connectivity index (χ2n) is 4.51. The summed E-state index contributed by atoms with van der Waals surface area (Å²) in [6.07, 6.45) is -0.565. The Labute approximate surface area is 129 Å². The van der Waals surface area contributed by atoms with Gasteiger partial charge in [-0.3, -0.25) is 4.79 Å². The molecule has 5 nitrogen and oxygen atoms in total. The minimum Gasteiger partial charge on any atom is -0.467 e. The lowest BCUT2D eigenvalue weighted by Gasteiger charge is -2.22. The number of esters is 1. The minimum atomic E-state index is -0.776. The van der Waals surface area contributed by atoms with Crippen molar-refractivity contribution in [3.63, 3.8) is 0 Å². The van der Waals surface area contributed by atoms with Crippen molar-refractivity contribution < 1.29 is 19.4 Å². The predicted molar refractivity (Wildman–Crippen MR) is 76.6 cm³/mol. The first kappa shape index (κ1) is 15.3. The van der Waals surface area contributed by atoms with E-state index in [9.17, 15) is 14.7 Å². The number of carbonyl (C=O) groups is 2. The molecule has 1 aliphatic heterocycles. The summed E-state index contributed by atoms with van der Waals surface area (Å²) < 4.78 is 5.42. The lowest BCUT2D eigenvalue weighted by Crippen LogP contribution is -2.41. The summed E-state index contributed by atoms with van der Waals surface area (Å²) in [5, 5.41) is 9.97. The van der Waals surface area contributed by atoms with Crippen LogP contribution in [0.15, 0.2) is 22.7 Å². The number of amides is 1. The third kappa shape index (κ3) is 2.97. The Balaban J connectivity index is 2.29. The van der Waals surface area contributed by atoms with Gasteiger partial charge in [0.05, 0.1) is 23.8 Å². The molecule has 1 N–H and O–H groups in total. The first-order chi connectivity index (χ1) is 9.43. The smallest absolute Gasteiger partial charge is 0.328 e. The lowest BCUT2D eigenvalue weighted by molar-refractivity contribution is -0.145. The number of likely N-dealkylation sites (tertiary alicyclic amines) is 1. The normalized spacial score (nSPS) is 21.9. The Hall–Kier alpha value is -1.11. The number of methoxy groups -OCH3 is 1. The zero-order chi connectivity index (χ0) is 14.9. The number of ether oxygens (including phenoxy) is 1. The van der Waals surface area contributed by atoms with Crippen LogP contribution in [0, 0.1) is 0 Å². The molecule has 1 heterocycles. The van der Waals surface area contributed by atoms with E-state index in [1.165, 1.54) is 12.0 Å². The summed E-state index contributed by atoms with van der Waals surface area (Å²) in [5.41, 5.74) is 0.290. The van der Waals surface area contributed by atoms with Crippen molar-refractivity contribution in [2.75, 3.05) is 13.7 Å². The fourth-order valence-corrected chi connectivity index (χ4v) is 2.97. The number of β-amino-alcohol motifs (C(OH)–C–C–N with tert-alkyl or cyclic N) is 1. The first-order valence-electron chi connectivity index (χ1n) is 5.96. The third-order valence-corrected chi connectivity index (χ3v) is 3.98. The van der Waals surface area contributed by atoms with Gasteiger partial charge in [0, 0.05) is 17.4 Å². The van der Waals surface area contributed by atoms with Gasteiger partial charge in [-0.15, -0.1) is 0 Å². The second-order valence-corrected chi connectivity index (χ2v) is 5.83. The van der Waals surface area contributed by atoms with E-state index in [2.05, 4.69) is 20.7 Å². The van der Waals surface area contributed by atoms with E-state index in [-0.39, 0.29) is 23.6 Å². The molecule has 0 spiro atoms. The molecule has 2 rings (SSSR count). The molecule has 1 aliphatic rings. The van der Waals surface area contributed by atoms with Crippen LogP contribution in [0.2, 0.25) is 5.02 Å². The molecule has 0 bridgehead atoms. The molecular weight excluding hydrogens is 350 g/mol. The summed E-state index contributed by atoms with van der Waals surface area (Å²) in [6, 6.07) is 4.10. The number of halogens is 2. The molecule has 108 valence electrons. The second kappa shape index (κ2) is 6.11. The van der Waals surface area contributed by atoms with Crippen LogP contribution in [-0.2, 0) is 9.53 Å². The number of aliphatic hydroxyl groups is 1. The maximum absolute atomic E-state index is 12.5. The van der Waals surface area contributed by atoms with Crippen LogP contribution in [0.3, 0.4) is 0 Å². The summed E-state index contributed by atoms with van der Waals surface area (Å²) in [5.74, 6) is -0.933. The standard InChI is InChI=1S/C13H13BrClNO4/c1-20-13(19)11-5-8(17)6-16(11)12(18)9-3-2-7(14)4-10(9)15/h2-4,8,11,17H,5-6H2,1H3. The average Bonchev–Trinajstić information content (AvgIpc) is 2.79. The van der Waals surface area contributed by atoms with Crippen molar-refractivity contribution in [1.82, 2.24) is 4.90 Å². The third-order valence-electron chi connectivity index (χ3n) is 3.17. The lowest BCUT2D eigenvalue weighted by atomic mass is 10.1. The van der Waals surface area contributed by atoms with E-state index in [0.29, 0.717) is 0 Å². The molecule has 0 saturated carbocycles. The Morgan fingerprint density at radius 1 is 1.50 bits per heavy atom. The van der Waals surface area contributed by atoms with Gasteiger partial charge in [-0.1, -0.05) is 27.5 Å². The van der Waals surface area contributed by atoms with E-state index in [4.69, 9.17) is 11.6 Å². The number of nitrogens with zero attached hydrogens (tertiary/aromatic N) is 1. The van der Waals surface area contributed by atoms with Crippen LogP contribution in [0.4, 0.5) is 0 Å². The number of hydrogen-bond donors (Lipinski definition) is 1. The van der Waals surface area contributed by atoms with Gasteiger partial charge in [-0.2, -0.15) is 0 Å². The predicted octanol–water partition coefficient (Wildman–Crippen LogP) is 1.85. The van der Waals surface area contributed by atoms with Gasteiger partial charge in [0.2, 0.25) is 0 Å². The van der Waals surface area contributed by atoms with Crippen molar-refractivity contribution in [2.45, 2.75) is 18.6 Å². The monoisotopic (exact) mass is 361 g/mol. The van der Waals surface area contributed by atoms with Gasteiger partial charge in [0.1, 0.15) is 6.04 Å². The topological polar surface area (TPSA) is 66.8 Å². The quantitative estimate of drug-likeness (QED) is 0.816. The van der Waals surface area contributed by atoms with Crippen molar-refractivity contribution in [1.29, 1.82) is 0 Å². The fraction of sp³-hybridized carbons (Fsp3) is 0.385. The van der Waals surface area contributed by atoms with Crippen molar-refractivity contribution in [3.8, 4) is 0 Å². The maximum Gasteiger partial charge on any atom is 0.328 e. The van der Waals surface area contributed by atoms with Gasteiger partial charge in [0.25, 0.3) is 5.91 Å². The van der Waals surface area contributed by atoms with Crippen molar-refractivity contribution in [3.05, 3.63) is 33.3 Å². The molecule has 0 aliphatic carbocycles. The molecule has 1 fully saturated rings. The fourth-order valence-electron chi connectivity index (χ4n) is 2.22. The van der Waals surface area contributed by atoms with Crippen LogP contribution in [-0.4, -0.2) is 47.7 Å². The zero-order valence-corrected chi connectivity index (χ0v) is 13.0. The highest BCUT2D eigenvalue weighted by Gasteiger charge is 2.40. The van der Waals surface area contributed by atoms with E-state index >= 15 is 0 Å². The molecule has 1 amide bonds. The van der Waals surface area contributed by atoms with Gasteiger partial charge in [0.15, 0.2) is 0 Å². The van der Waals surface area contributed by atoms with Crippen LogP contribution in [0.25, 0.3) is 0 Å². The van der Waals surface area contributed by atoms with Crippen molar-refractivity contribution >= 4 is 39.4 Å². The number of hydrogen-bond acceptors (Lipinski definition) is 4. The number of carbonyl (C=O) groups excluding carboxylic acids is 2. The highest BCUT2D eigenvalue weighted by Crippen LogP contribution is 2.26. The van der Waals surface area contributed by atoms with Crippen LogP contribution in [0.5, 0.6) is 0 Å². The van der Waals surface area contributed by atoms with Gasteiger partial charge in [-0.05, 0) is 18.2 Å². The summed E-state index contributed by atoms with van der Waals surface area (Å²) in [4.78, 5) is 25.4. The van der Waals surface area contributed by atoms with E-state index in [1.54, 1.807) is 18.2 Å². The van der Waals surface area contributed by atoms with E-state index < -0.39 is 24.0 Å². The molecule has 0 aromatic heterocycles. The molecule has 1 aromatic carbocycles. The Kier molecular flexibility index (Phi) is 4.67. The highest BCUT2D eigenvalue weighted by molar-refractivity contribution is 9.10. The van der Waals surface area contributed by atoms with E-state index in [1.807, 2.05) is 0 Å². The van der Waals surface area contributed by atoms with Gasteiger partial charge in [-0.25, -0.2) is 4.79 Å². The van der Waals surface area contributed by atoms with Crippen molar-refractivity contribution in [2.24, 2.45) is 0 Å². The summed E-state index contributed by atoms with van der Waals surface area (Å²) in [6.45, 7) is 0.0883. The molecular formula is C13H13BrClNO4. The maximum atomic E-state index is 12.5. The van der Waals surface area contributed by atoms with Gasteiger partial charge < -0.3 is 14.7 Å². The Bertz CT molecular complexity index is 551. The average molecular weight is 363 g/mol. The first-order valence-corrected chi connectivity index (χ1v) is 7.13. The molecule has 1 aromatic rings. The molecule has 20 heavy (non-hydrogen) atoms. The number of benzene rings is 1. The van der Waals surface area contributed by atoms with Crippen LogP contribution in [0.1, 0.15) is 16.8 Å². The molecule has 2 unspecified atom stereocenters. The molecule has 0 radical (unpaired) electrons. The van der Waals surface area contributed by atoms with Crippen LogP contribution < -0.4 is 0 Å². The number of rotatable bonds is 2. The Morgan fingerprint density at radius 2 is 2.20 bits per heavy atom. The largest absolute Gasteiger partial charge is 0.467 e. The summed E-state index contributed by atoms with van der Waals surface area (Å²) >= 11 is 9.31. The van der Waals surface area contributed by atoms with Crippen LogP contribution >= 0.6 is 27.5 Å². The van der Waals surface area contributed by atoms with Gasteiger partial charge >= 0.3 is 5.97 Å². The Morgan fingerprint density at radius 3 is 2.80 bits per heavy atom. The molecule has 7 heteroatoms.